The second-order valence-corrected chi connectivity index (χ2v) is 7.80. The van der Waals surface area contributed by atoms with Gasteiger partial charge in [-0.25, -0.2) is 8.78 Å². The van der Waals surface area contributed by atoms with Crippen molar-refractivity contribution >= 4 is 10.8 Å². The van der Waals surface area contributed by atoms with E-state index in [1.54, 1.807) is 6.07 Å². The van der Waals surface area contributed by atoms with Gasteiger partial charge in [0.15, 0.2) is 0 Å². The minimum atomic E-state index is -4.72. The Morgan fingerprint density at radius 1 is 0.966 bits per heavy atom. The molecule has 4 rings (SSSR count). The summed E-state index contributed by atoms with van der Waals surface area (Å²) in [6.45, 7) is 2.07. The summed E-state index contributed by atoms with van der Waals surface area (Å²) in [5.41, 5.74) is 1.28. The lowest BCUT2D eigenvalue weighted by Gasteiger charge is -2.35. The summed E-state index contributed by atoms with van der Waals surface area (Å²) in [6.07, 6.45) is -1.27. The molecule has 0 unspecified atom stereocenters. The molecule has 0 fully saturated rings. The van der Waals surface area contributed by atoms with Crippen LogP contribution in [0.2, 0.25) is 0 Å². The van der Waals surface area contributed by atoms with Crippen LogP contribution in [0.25, 0.3) is 10.8 Å². The van der Waals surface area contributed by atoms with E-state index in [2.05, 4.69) is 6.92 Å². The normalized spacial score (nSPS) is 19.4. The van der Waals surface area contributed by atoms with Crippen molar-refractivity contribution in [1.29, 1.82) is 0 Å². The van der Waals surface area contributed by atoms with E-state index in [0.717, 1.165) is 59.7 Å². The van der Waals surface area contributed by atoms with Gasteiger partial charge in [-0.15, -0.1) is 0 Å². The first kappa shape index (κ1) is 19.9. The van der Waals surface area contributed by atoms with Crippen molar-refractivity contribution in [2.45, 2.75) is 44.7 Å². The predicted octanol–water partition coefficient (Wildman–Crippen LogP) is 7.63. The number of benzene rings is 3. The zero-order valence-electron chi connectivity index (χ0n) is 16.0. The van der Waals surface area contributed by atoms with Gasteiger partial charge < -0.3 is 0 Å². The lowest BCUT2D eigenvalue weighted by atomic mass is 9.69. The lowest BCUT2D eigenvalue weighted by Crippen LogP contribution is -2.22. The maximum atomic E-state index is 14.3. The fraction of sp³-hybridized carbons (Fsp3) is 0.333. The number of halogens is 5. The third-order valence-electron chi connectivity index (χ3n) is 6.02. The predicted molar refractivity (Wildman–Crippen MR) is 104 cm³/mol. The van der Waals surface area contributed by atoms with Gasteiger partial charge in [-0.1, -0.05) is 37.6 Å². The molecular formula is C24H21F5. The highest BCUT2D eigenvalue weighted by Gasteiger charge is 2.36. The van der Waals surface area contributed by atoms with Gasteiger partial charge in [-0.2, -0.15) is 13.2 Å². The number of hydrogen-bond donors (Lipinski definition) is 0. The van der Waals surface area contributed by atoms with Crippen LogP contribution in [-0.4, -0.2) is 0 Å². The van der Waals surface area contributed by atoms with Crippen LogP contribution in [0.1, 0.15) is 54.4 Å². The van der Waals surface area contributed by atoms with Crippen molar-refractivity contribution in [2.24, 2.45) is 5.92 Å². The number of hydrogen-bond acceptors (Lipinski definition) is 0. The van der Waals surface area contributed by atoms with Gasteiger partial charge in [0, 0.05) is 5.92 Å². The molecule has 5 heteroatoms. The third-order valence-corrected chi connectivity index (χ3v) is 6.02. The Bertz CT molecular complexity index is 1050. The van der Waals surface area contributed by atoms with Gasteiger partial charge in [0.1, 0.15) is 11.6 Å². The number of fused-ring (bicyclic) bond motifs is 3. The van der Waals surface area contributed by atoms with E-state index in [1.165, 1.54) is 18.2 Å². The van der Waals surface area contributed by atoms with Gasteiger partial charge in [0.25, 0.3) is 0 Å². The first-order chi connectivity index (χ1) is 13.8. The van der Waals surface area contributed by atoms with Crippen molar-refractivity contribution in [1.82, 2.24) is 0 Å². The first-order valence-electron chi connectivity index (χ1n) is 9.87. The van der Waals surface area contributed by atoms with E-state index >= 15 is 0 Å². The van der Waals surface area contributed by atoms with Gasteiger partial charge in [-0.05, 0) is 76.9 Å². The van der Waals surface area contributed by atoms with Crippen LogP contribution in [0.15, 0.2) is 48.5 Å². The molecule has 0 nitrogen and oxygen atoms in total. The molecule has 0 amide bonds. The molecule has 0 bridgehead atoms. The summed E-state index contributed by atoms with van der Waals surface area (Å²) >= 11 is 0. The Morgan fingerprint density at radius 3 is 2.41 bits per heavy atom. The molecule has 152 valence electrons. The van der Waals surface area contributed by atoms with Crippen LogP contribution in [0.5, 0.6) is 0 Å². The average molecular weight is 404 g/mol. The highest BCUT2D eigenvalue weighted by atomic mass is 19.4. The zero-order chi connectivity index (χ0) is 20.8. The summed E-state index contributed by atoms with van der Waals surface area (Å²) in [5.74, 6) is -1.57. The maximum absolute atomic E-state index is 14.3. The molecule has 0 aromatic heterocycles. The minimum absolute atomic E-state index is 0.203. The van der Waals surface area contributed by atoms with Crippen LogP contribution >= 0.6 is 0 Å². The topological polar surface area (TPSA) is 0 Å². The quantitative estimate of drug-likeness (QED) is 0.394. The molecule has 1 aliphatic carbocycles. The smallest absolute Gasteiger partial charge is 0.207 e. The molecule has 0 heterocycles. The number of rotatable bonds is 3. The van der Waals surface area contributed by atoms with Crippen LogP contribution < -0.4 is 0 Å². The zero-order valence-corrected chi connectivity index (χ0v) is 16.0. The van der Waals surface area contributed by atoms with Crippen LogP contribution in [0, 0.1) is 17.6 Å². The van der Waals surface area contributed by atoms with Gasteiger partial charge in [0.05, 0.1) is 5.56 Å². The van der Waals surface area contributed by atoms with Crippen LogP contribution in [0.3, 0.4) is 0 Å². The van der Waals surface area contributed by atoms with Gasteiger partial charge >= 0.3 is 6.18 Å². The van der Waals surface area contributed by atoms with Crippen molar-refractivity contribution in [2.75, 3.05) is 0 Å². The summed E-state index contributed by atoms with van der Waals surface area (Å²) in [7, 11) is 0. The van der Waals surface area contributed by atoms with E-state index in [4.69, 9.17) is 0 Å². The molecular weight excluding hydrogens is 383 g/mol. The largest absolute Gasteiger partial charge is 0.419 e. The molecule has 3 aromatic carbocycles. The Balaban J connectivity index is 1.88. The highest BCUT2D eigenvalue weighted by Crippen LogP contribution is 2.46. The number of aryl methyl sites for hydroxylation is 1. The highest BCUT2D eigenvalue weighted by molar-refractivity contribution is 5.87. The van der Waals surface area contributed by atoms with Crippen molar-refractivity contribution in [3.05, 3.63) is 82.4 Å². The summed E-state index contributed by atoms with van der Waals surface area (Å²) in [5, 5.41) is 1.76. The maximum Gasteiger partial charge on any atom is 0.419 e. The van der Waals surface area contributed by atoms with Gasteiger partial charge in [0.2, 0.25) is 0 Å². The van der Waals surface area contributed by atoms with Crippen LogP contribution in [0.4, 0.5) is 22.0 Å². The standard InChI is InChI=1S/C24H21F5/c1-2-3-15-6-9-18-19(10-5-14-4-8-17(25)13-20(14)18)23(15)16-7-11-21(22(26)12-16)24(27,28)29/h4-5,7-8,10-13,15,23H,2-3,6,9H2,1H3/t15-,23-/m1/s1. The van der Waals surface area contributed by atoms with Crippen molar-refractivity contribution < 1.29 is 22.0 Å². The summed E-state index contributed by atoms with van der Waals surface area (Å²) in [6, 6.07) is 11.8. The van der Waals surface area contributed by atoms with Crippen LogP contribution in [-0.2, 0) is 12.6 Å². The Labute approximate surface area is 166 Å². The van der Waals surface area contributed by atoms with E-state index in [-0.39, 0.29) is 17.7 Å². The molecule has 3 aromatic rings. The van der Waals surface area contributed by atoms with Crippen molar-refractivity contribution in [3.8, 4) is 0 Å². The summed E-state index contributed by atoms with van der Waals surface area (Å²) in [4.78, 5) is 0. The Kier molecular flexibility index (Phi) is 5.09. The lowest BCUT2D eigenvalue weighted by molar-refractivity contribution is -0.140. The Hall–Kier alpha value is -2.43. The second kappa shape index (κ2) is 7.43. The second-order valence-electron chi connectivity index (χ2n) is 7.80. The fourth-order valence-corrected chi connectivity index (χ4v) is 4.78. The monoisotopic (exact) mass is 404 g/mol. The van der Waals surface area contributed by atoms with E-state index in [0.29, 0.717) is 5.56 Å². The molecule has 0 N–H and O–H groups in total. The molecule has 1 aliphatic rings. The molecule has 0 saturated heterocycles. The minimum Gasteiger partial charge on any atom is -0.207 e. The van der Waals surface area contributed by atoms with E-state index in [9.17, 15) is 22.0 Å². The molecule has 2 atom stereocenters. The SMILES string of the molecule is CCC[C@@H]1CCc2c(ccc3ccc(F)cc23)[C@H]1c1ccc(C(F)(F)F)c(F)c1. The van der Waals surface area contributed by atoms with Crippen molar-refractivity contribution in [3.63, 3.8) is 0 Å². The molecule has 0 spiro atoms. The molecule has 0 radical (unpaired) electrons. The number of alkyl halides is 3. The first-order valence-corrected chi connectivity index (χ1v) is 9.87. The molecule has 0 aliphatic heterocycles. The molecule has 29 heavy (non-hydrogen) atoms. The third kappa shape index (κ3) is 3.63. The fourth-order valence-electron chi connectivity index (χ4n) is 4.78. The van der Waals surface area contributed by atoms with E-state index < -0.39 is 17.6 Å². The Morgan fingerprint density at radius 2 is 1.72 bits per heavy atom. The van der Waals surface area contributed by atoms with E-state index in [1.807, 2.05) is 12.1 Å². The van der Waals surface area contributed by atoms with Gasteiger partial charge in [-0.3, -0.25) is 0 Å². The molecule has 0 saturated carbocycles. The summed E-state index contributed by atoms with van der Waals surface area (Å²) < 4.78 is 67.2. The average Bonchev–Trinajstić information content (AvgIpc) is 2.66.